The zero-order valence-electron chi connectivity index (χ0n) is 10.7. The van der Waals surface area contributed by atoms with Crippen LogP contribution in [0.25, 0.3) is 0 Å². The summed E-state index contributed by atoms with van der Waals surface area (Å²) in [6.45, 7) is 4.91. The fraction of sp³-hybridized carbons (Fsp3) is 1.00. The van der Waals surface area contributed by atoms with Gasteiger partial charge in [0.05, 0.1) is 11.5 Å². The van der Waals surface area contributed by atoms with Gasteiger partial charge in [0.15, 0.2) is 9.84 Å². The summed E-state index contributed by atoms with van der Waals surface area (Å²) < 4.78 is 22.9. The predicted octanol–water partition coefficient (Wildman–Crippen LogP) is 0.638. The van der Waals surface area contributed by atoms with Crippen LogP contribution in [0, 0.1) is 0 Å². The van der Waals surface area contributed by atoms with Gasteiger partial charge in [0, 0.05) is 18.6 Å². The predicted molar refractivity (Wildman–Crippen MR) is 69.9 cm³/mol. The van der Waals surface area contributed by atoms with Crippen LogP contribution < -0.4 is 5.32 Å². The molecule has 2 rings (SSSR count). The van der Waals surface area contributed by atoms with E-state index in [1.54, 1.807) is 0 Å². The van der Waals surface area contributed by atoms with Crippen molar-refractivity contribution in [1.29, 1.82) is 0 Å². The topological polar surface area (TPSA) is 49.4 Å². The Hall–Kier alpha value is -0.130. The molecule has 0 aromatic heterocycles. The molecule has 0 amide bonds. The van der Waals surface area contributed by atoms with Crippen LogP contribution in [-0.4, -0.2) is 56.5 Å². The van der Waals surface area contributed by atoms with Gasteiger partial charge >= 0.3 is 0 Å². The summed E-state index contributed by atoms with van der Waals surface area (Å²) in [6.07, 6.45) is 5.07. The Morgan fingerprint density at radius 3 is 2.71 bits per heavy atom. The third-order valence-corrected chi connectivity index (χ3v) is 5.49. The first-order valence-corrected chi connectivity index (χ1v) is 8.57. The molecule has 1 N–H and O–H groups in total. The molecule has 17 heavy (non-hydrogen) atoms. The molecule has 0 aromatic carbocycles. The van der Waals surface area contributed by atoms with Crippen molar-refractivity contribution in [3.63, 3.8) is 0 Å². The van der Waals surface area contributed by atoms with Crippen molar-refractivity contribution in [2.24, 2.45) is 0 Å². The first-order chi connectivity index (χ1) is 8.07. The summed E-state index contributed by atoms with van der Waals surface area (Å²) in [5.74, 6) is 0.686. The van der Waals surface area contributed by atoms with Crippen LogP contribution in [0.3, 0.4) is 0 Å². The second-order valence-corrected chi connectivity index (χ2v) is 7.66. The van der Waals surface area contributed by atoms with Gasteiger partial charge in [-0.1, -0.05) is 0 Å². The molecule has 1 aliphatic carbocycles. The standard InChI is InChI=1S/C12H24N2O2S/c1-11-10-17(15,16)9-8-14(11)7-3-2-6-13-12-4-5-12/h11-13H,2-10H2,1H3. The second kappa shape index (κ2) is 5.67. The minimum Gasteiger partial charge on any atom is -0.314 e. The minimum absolute atomic E-state index is 0.199. The lowest BCUT2D eigenvalue weighted by atomic mass is 10.2. The fourth-order valence-corrected chi connectivity index (χ4v) is 4.02. The van der Waals surface area contributed by atoms with E-state index in [4.69, 9.17) is 0 Å². The van der Waals surface area contributed by atoms with Crippen molar-refractivity contribution in [2.75, 3.05) is 31.1 Å². The Bertz CT molecular complexity index is 338. The highest BCUT2D eigenvalue weighted by Crippen LogP contribution is 2.18. The highest BCUT2D eigenvalue weighted by Gasteiger charge is 2.27. The van der Waals surface area contributed by atoms with Gasteiger partial charge in [0.2, 0.25) is 0 Å². The maximum atomic E-state index is 11.4. The third-order valence-electron chi connectivity index (χ3n) is 3.69. The number of nitrogens with one attached hydrogen (secondary N) is 1. The maximum absolute atomic E-state index is 11.4. The highest BCUT2D eigenvalue weighted by molar-refractivity contribution is 7.91. The van der Waals surface area contributed by atoms with Gasteiger partial charge in [-0.2, -0.15) is 0 Å². The molecule has 4 nitrogen and oxygen atoms in total. The fourth-order valence-electron chi connectivity index (χ4n) is 2.40. The molecule has 0 spiro atoms. The summed E-state index contributed by atoms with van der Waals surface area (Å²) in [5, 5.41) is 3.50. The largest absolute Gasteiger partial charge is 0.314 e. The molecule has 2 fully saturated rings. The molecular formula is C12H24N2O2S. The van der Waals surface area contributed by atoms with Crippen molar-refractivity contribution in [1.82, 2.24) is 10.2 Å². The summed E-state index contributed by atoms with van der Waals surface area (Å²) in [5.41, 5.74) is 0. The Kier molecular flexibility index (Phi) is 4.44. The zero-order chi connectivity index (χ0) is 12.3. The van der Waals surface area contributed by atoms with Gasteiger partial charge in [0.25, 0.3) is 0 Å². The number of rotatable bonds is 6. The number of hydrogen-bond donors (Lipinski definition) is 1. The second-order valence-electron chi connectivity index (χ2n) is 5.43. The van der Waals surface area contributed by atoms with Crippen molar-refractivity contribution in [3.8, 4) is 0 Å². The summed E-state index contributed by atoms with van der Waals surface area (Å²) in [4.78, 5) is 2.32. The van der Waals surface area contributed by atoms with Crippen LogP contribution >= 0.6 is 0 Å². The molecule has 100 valence electrons. The van der Waals surface area contributed by atoms with E-state index in [-0.39, 0.29) is 6.04 Å². The van der Waals surface area contributed by atoms with E-state index >= 15 is 0 Å². The maximum Gasteiger partial charge on any atom is 0.153 e. The lowest BCUT2D eigenvalue weighted by Gasteiger charge is -2.33. The number of nitrogens with zero attached hydrogens (tertiary/aromatic N) is 1. The molecule has 0 radical (unpaired) electrons. The molecule has 0 bridgehead atoms. The summed E-state index contributed by atoms with van der Waals surface area (Å²) in [7, 11) is -2.76. The van der Waals surface area contributed by atoms with Gasteiger partial charge in [-0.3, -0.25) is 4.90 Å². The molecule has 1 heterocycles. The van der Waals surface area contributed by atoms with Crippen molar-refractivity contribution in [3.05, 3.63) is 0 Å². The molecule has 5 heteroatoms. The minimum atomic E-state index is -2.76. The van der Waals surface area contributed by atoms with Crippen LogP contribution in [0.5, 0.6) is 0 Å². The molecule has 1 unspecified atom stereocenters. The Labute approximate surface area is 105 Å². The third kappa shape index (κ3) is 4.56. The van der Waals surface area contributed by atoms with Gasteiger partial charge in [0.1, 0.15) is 0 Å². The van der Waals surface area contributed by atoms with E-state index in [0.717, 1.165) is 25.7 Å². The summed E-state index contributed by atoms with van der Waals surface area (Å²) in [6, 6.07) is 0.999. The van der Waals surface area contributed by atoms with Crippen molar-refractivity contribution < 1.29 is 8.42 Å². The van der Waals surface area contributed by atoms with E-state index < -0.39 is 9.84 Å². The van der Waals surface area contributed by atoms with Crippen molar-refractivity contribution in [2.45, 2.75) is 44.7 Å². The zero-order valence-corrected chi connectivity index (χ0v) is 11.5. The molecule has 1 saturated carbocycles. The molecule has 0 aromatic rings. The lowest BCUT2D eigenvalue weighted by molar-refractivity contribution is 0.222. The lowest BCUT2D eigenvalue weighted by Crippen LogP contribution is -2.47. The van der Waals surface area contributed by atoms with Crippen LogP contribution in [0.4, 0.5) is 0 Å². The average Bonchev–Trinajstić information content (AvgIpc) is 3.03. The average molecular weight is 260 g/mol. The van der Waals surface area contributed by atoms with Crippen molar-refractivity contribution >= 4 is 9.84 Å². The first-order valence-electron chi connectivity index (χ1n) is 6.75. The quantitative estimate of drug-likeness (QED) is 0.712. The van der Waals surface area contributed by atoms with Gasteiger partial charge in [-0.25, -0.2) is 8.42 Å². The van der Waals surface area contributed by atoms with Gasteiger partial charge in [-0.05, 0) is 45.7 Å². The van der Waals surface area contributed by atoms with Crippen LogP contribution in [0.1, 0.15) is 32.6 Å². The summed E-state index contributed by atoms with van der Waals surface area (Å²) >= 11 is 0. The Morgan fingerprint density at radius 2 is 2.06 bits per heavy atom. The number of sulfone groups is 1. The van der Waals surface area contributed by atoms with E-state index in [9.17, 15) is 8.42 Å². The number of hydrogen-bond acceptors (Lipinski definition) is 4. The van der Waals surface area contributed by atoms with Crippen LogP contribution in [0.15, 0.2) is 0 Å². The Balaban J connectivity index is 1.58. The van der Waals surface area contributed by atoms with Gasteiger partial charge < -0.3 is 5.32 Å². The molecule has 1 atom stereocenters. The Morgan fingerprint density at radius 1 is 1.29 bits per heavy atom. The van der Waals surface area contributed by atoms with Gasteiger partial charge in [-0.15, -0.1) is 0 Å². The molecular weight excluding hydrogens is 236 g/mol. The number of unbranched alkanes of at least 4 members (excludes halogenated alkanes) is 1. The molecule has 1 saturated heterocycles. The smallest absolute Gasteiger partial charge is 0.153 e. The van der Waals surface area contributed by atoms with E-state index in [1.807, 2.05) is 6.92 Å². The molecule has 1 aliphatic heterocycles. The highest BCUT2D eigenvalue weighted by atomic mass is 32.2. The van der Waals surface area contributed by atoms with E-state index in [1.165, 1.54) is 25.7 Å². The van der Waals surface area contributed by atoms with E-state index in [0.29, 0.717) is 11.5 Å². The van der Waals surface area contributed by atoms with Crippen LogP contribution in [-0.2, 0) is 9.84 Å². The van der Waals surface area contributed by atoms with Crippen LogP contribution in [0.2, 0.25) is 0 Å². The first kappa shape index (κ1) is 13.3. The SMILES string of the molecule is CC1CS(=O)(=O)CCN1CCCCNC1CC1. The normalized spacial score (nSPS) is 29.4. The van der Waals surface area contributed by atoms with E-state index in [2.05, 4.69) is 10.2 Å². The monoisotopic (exact) mass is 260 g/mol. The molecule has 2 aliphatic rings.